The molecule has 0 N–H and O–H groups in total. The van der Waals surface area contributed by atoms with Gasteiger partial charge in [-0.15, -0.1) is 0 Å². The van der Waals surface area contributed by atoms with Crippen molar-refractivity contribution in [2.24, 2.45) is 0 Å². The van der Waals surface area contributed by atoms with E-state index in [2.05, 4.69) is 9.72 Å². The Bertz CT molecular complexity index is 386. The minimum atomic E-state index is -3.03. The first kappa shape index (κ1) is 10.3. The lowest BCUT2D eigenvalue weighted by Gasteiger charge is -2.05. The van der Waals surface area contributed by atoms with Gasteiger partial charge in [0.2, 0.25) is 5.88 Å². The van der Waals surface area contributed by atoms with Crippen LogP contribution in [0.15, 0.2) is 6.07 Å². The summed E-state index contributed by atoms with van der Waals surface area (Å²) in [7, 11) is 1.16. The molecule has 0 fully saturated rings. The topological polar surface area (TPSA) is 45.9 Å². The van der Waals surface area contributed by atoms with Crippen LogP contribution in [0.5, 0.6) is 5.88 Å². The number of hydrogen-bond acceptors (Lipinski definition) is 3. The number of hydrogen-bond donors (Lipinski definition) is 0. The van der Waals surface area contributed by atoms with E-state index in [1.54, 1.807) is 6.07 Å². The number of pyridine rings is 1. The zero-order valence-electron chi connectivity index (χ0n) is 7.09. The lowest BCUT2D eigenvalue weighted by atomic mass is 10.2. The normalized spacial score (nSPS) is 10.0. The van der Waals surface area contributed by atoms with E-state index in [1.165, 1.54) is 0 Å². The molecule has 0 unspecified atom stereocenters. The van der Waals surface area contributed by atoms with Gasteiger partial charge in [0.15, 0.2) is 5.82 Å². The summed E-state index contributed by atoms with van der Waals surface area (Å²) in [6.07, 6.45) is -3.03. The molecule has 0 aliphatic carbocycles. The van der Waals surface area contributed by atoms with Gasteiger partial charge in [0.25, 0.3) is 6.43 Å². The first-order chi connectivity index (χ1) is 6.60. The lowest BCUT2D eigenvalue weighted by Crippen LogP contribution is -2.01. The van der Waals surface area contributed by atoms with E-state index in [1.807, 2.05) is 0 Å². The Kier molecular flexibility index (Phi) is 2.92. The van der Waals surface area contributed by atoms with Gasteiger partial charge in [0, 0.05) is 0 Å². The van der Waals surface area contributed by atoms with Crippen LogP contribution in [0.1, 0.15) is 17.7 Å². The minimum Gasteiger partial charge on any atom is -0.480 e. The minimum absolute atomic E-state index is 0.214. The summed E-state index contributed by atoms with van der Waals surface area (Å²) < 4.78 is 41.7. The number of ether oxygens (including phenoxy) is 1. The largest absolute Gasteiger partial charge is 0.480 e. The smallest absolute Gasteiger partial charge is 0.283 e. The van der Waals surface area contributed by atoms with Crippen LogP contribution in [0.3, 0.4) is 0 Å². The summed E-state index contributed by atoms with van der Waals surface area (Å²) >= 11 is 0. The van der Waals surface area contributed by atoms with Crippen molar-refractivity contribution in [2.75, 3.05) is 7.11 Å². The maximum absolute atomic E-state index is 12.9. The van der Waals surface area contributed by atoms with Crippen LogP contribution in [-0.2, 0) is 0 Å². The van der Waals surface area contributed by atoms with Gasteiger partial charge < -0.3 is 4.74 Å². The van der Waals surface area contributed by atoms with Crippen LogP contribution in [-0.4, -0.2) is 12.1 Å². The van der Waals surface area contributed by atoms with Crippen LogP contribution < -0.4 is 4.74 Å². The third kappa shape index (κ3) is 1.76. The average molecular weight is 202 g/mol. The highest BCUT2D eigenvalue weighted by Crippen LogP contribution is 2.25. The monoisotopic (exact) mass is 202 g/mol. The van der Waals surface area contributed by atoms with E-state index >= 15 is 0 Å². The van der Waals surface area contributed by atoms with E-state index in [9.17, 15) is 13.2 Å². The van der Waals surface area contributed by atoms with Crippen molar-refractivity contribution < 1.29 is 17.9 Å². The Morgan fingerprint density at radius 1 is 1.57 bits per heavy atom. The average Bonchev–Trinajstić information content (AvgIpc) is 2.16. The molecule has 0 bridgehead atoms. The zero-order valence-corrected chi connectivity index (χ0v) is 7.09. The molecule has 74 valence electrons. The Labute approximate surface area is 77.7 Å². The number of methoxy groups -OCH3 is 1. The van der Waals surface area contributed by atoms with Gasteiger partial charge >= 0.3 is 0 Å². The second-order valence-electron chi connectivity index (χ2n) is 2.32. The Morgan fingerprint density at radius 3 is 2.64 bits per heavy atom. The standard InChI is InChI=1S/C8H5F3N2O/c1-14-8-4(3-12)2-5(9)6(13-8)7(10)11/h2,7H,1H3. The van der Waals surface area contributed by atoms with Crippen LogP contribution in [0.25, 0.3) is 0 Å². The van der Waals surface area contributed by atoms with Crippen molar-refractivity contribution in [2.45, 2.75) is 6.43 Å². The van der Waals surface area contributed by atoms with Crippen molar-refractivity contribution in [3.05, 3.63) is 23.1 Å². The SMILES string of the molecule is COc1nc(C(F)F)c(F)cc1C#N. The van der Waals surface area contributed by atoms with Gasteiger partial charge in [0.1, 0.15) is 17.3 Å². The van der Waals surface area contributed by atoms with Crippen molar-refractivity contribution in [1.82, 2.24) is 4.98 Å². The molecule has 6 heteroatoms. The van der Waals surface area contributed by atoms with E-state index in [4.69, 9.17) is 5.26 Å². The second-order valence-corrected chi connectivity index (χ2v) is 2.32. The maximum atomic E-state index is 12.9. The third-order valence-corrected chi connectivity index (χ3v) is 1.49. The van der Waals surface area contributed by atoms with E-state index in [0.717, 1.165) is 7.11 Å². The number of nitriles is 1. The summed E-state index contributed by atoms with van der Waals surface area (Å²) in [6, 6.07) is 2.26. The highest BCUT2D eigenvalue weighted by Gasteiger charge is 2.19. The fraction of sp³-hybridized carbons (Fsp3) is 0.250. The molecule has 3 nitrogen and oxygen atoms in total. The van der Waals surface area contributed by atoms with Crippen LogP contribution >= 0.6 is 0 Å². The summed E-state index contributed by atoms with van der Waals surface area (Å²) in [5.41, 5.74) is -1.23. The second kappa shape index (κ2) is 3.96. The van der Waals surface area contributed by atoms with Gasteiger partial charge in [0.05, 0.1) is 7.11 Å². The van der Waals surface area contributed by atoms with Crippen molar-refractivity contribution in [3.63, 3.8) is 0 Å². The maximum Gasteiger partial charge on any atom is 0.283 e. The molecule has 0 radical (unpaired) electrons. The molecule has 14 heavy (non-hydrogen) atoms. The van der Waals surface area contributed by atoms with E-state index < -0.39 is 17.9 Å². The third-order valence-electron chi connectivity index (χ3n) is 1.49. The molecule has 0 aliphatic heterocycles. The molecule has 0 aliphatic rings. The molecule has 0 saturated carbocycles. The Hall–Kier alpha value is -1.77. The van der Waals surface area contributed by atoms with Gasteiger partial charge in [-0.1, -0.05) is 0 Å². The fourth-order valence-corrected chi connectivity index (χ4v) is 0.874. The van der Waals surface area contributed by atoms with E-state index in [-0.39, 0.29) is 11.4 Å². The molecule has 0 spiro atoms. The molecule has 0 aromatic carbocycles. The summed E-state index contributed by atoms with van der Waals surface area (Å²) in [6.45, 7) is 0. The number of halogens is 3. The number of aromatic nitrogens is 1. The molecular weight excluding hydrogens is 197 g/mol. The molecule has 1 heterocycles. The molecule has 1 rings (SSSR count). The van der Waals surface area contributed by atoms with Crippen molar-refractivity contribution in [3.8, 4) is 11.9 Å². The van der Waals surface area contributed by atoms with Gasteiger partial charge in [-0.2, -0.15) is 5.26 Å². The van der Waals surface area contributed by atoms with Crippen molar-refractivity contribution in [1.29, 1.82) is 5.26 Å². The highest BCUT2D eigenvalue weighted by molar-refractivity contribution is 5.39. The fourth-order valence-electron chi connectivity index (χ4n) is 0.874. The zero-order chi connectivity index (χ0) is 10.7. The summed E-state index contributed by atoms with van der Waals surface area (Å²) in [5, 5.41) is 8.48. The predicted octanol–water partition coefficient (Wildman–Crippen LogP) is 2.04. The molecule has 0 atom stereocenters. The first-order valence-electron chi connectivity index (χ1n) is 3.52. The quantitative estimate of drug-likeness (QED) is 0.737. The van der Waals surface area contributed by atoms with Crippen LogP contribution in [0.2, 0.25) is 0 Å². The molecule has 0 amide bonds. The summed E-state index contributed by atoms with van der Waals surface area (Å²) in [5.74, 6) is -1.51. The van der Waals surface area contributed by atoms with E-state index in [0.29, 0.717) is 6.07 Å². The van der Waals surface area contributed by atoms with Gasteiger partial charge in [-0.3, -0.25) is 0 Å². The number of nitrogens with zero attached hydrogens (tertiary/aromatic N) is 2. The van der Waals surface area contributed by atoms with Crippen LogP contribution in [0, 0.1) is 17.1 Å². The summed E-state index contributed by atoms with van der Waals surface area (Å²) in [4.78, 5) is 3.19. The van der Waals surface area contributed by atoms with Crippen LogP contribution in [0.4, 0.5) is 13.2 Å². The highest BCUT2D eigenvalue weighted by atomic mass is 19.3. The number of rotatable bonds is 2. The predicted molar refractivity (Wildman–Crippen MR) is 40.4 cm³/mol. The molecule has 1 aromatic heterocycles. The Balaban J connectivity index is 3.32. The first-order valence-corrected chi connectivity index (χ1v) is 3.52. The van der Waals surface area contributed by atoms with Gasteiger partial charge in [-0.25, -0.2) is 18.2 Å². The lowest BCUT2D eigenvalue weighted by molar-refractivity contribution is 0.139. The molecule has 1 aromatic rings. The Morgan fingerprint density at radius 2 is 2.21 bits per heavy atom. The molecule has 0 saturated heterocycles. The van der Waals surface area contributed by atoms with Crippen molar-refractivity contribution >= 4 is 0 Å². The molecular formula is C8H5F3N2O. The number of alkyl halides is 2. The van der Waals surface area contributed by atoms with Gasteiger partial charge in [-0.05, 0) is 6.07 Å².